The molecule has 0 rings (SSSR count). The van der Waals surface area contributed by atoms with Crippen LogP contribution in [0.15, 0.2) is 0 Å². The normalized spacial score (nSPS) is 13.8. The van der Waals surface area contributed by atoms with Crippen LogP contribution in [-0.4, -0.2) is 48.7 Å². The standard InChI is InChI=1S/C11H20N2O5/c1-6(2)9(13-8(14)5-18-4)10(15)12-7(3)11(16)17/h6-7,9H,5H2,1-4H3,(H,12,15)(H,13,14)(H,16,17)/t7-,9-/m0/s1. The Labute approximate surface area is 106 Å². The van der Waals surface area contributed by atoms with Gasteiger partial charge >= 0.3 is 5.97 Å². The first kappa shape index (κ1) is 16.4. The molecule has 104 valence electrons. The Balaban J connectivity index is 4.55. The van der Waals surface area contributed by atoms with E-state index < -0.39 is 29.9 Å². The largest absolute Gasteiger partial charge is 0.480 e. The molecule has 2 atom stereocenters. The number of nitrogens with one attached hydrogen (secondary N) is 2. The molecular weight excluding hydrogens is 240 g/mol. The minimum Gasteiger partial charge on any atom is -0.480 e. The van der Waals surface area contributed by atoms with Gasteiger partial charge in [0.05, 0.1) is 0 Å². The average Bonchev–Trinajstić information content (AvgIpc) is 2.25. The number of amides is 2. The zero-order valence-corrected chi connectivity index (χ0v) is 11.0. The van der Waals surface area contributed by atoms with Crippen LogP contribution >= 0.6 is 0 Å². The highest BCUT2D eigenvalue weighted by atomic mass is 16.5. The molecule has 0 unspecified atom stereocenters. The summed E-state index contributed by atoms with van der Waals surface area (Å²) >= 11 is 0. The summed E-state index contributed by atoms with van der Waals surface area (Å²) in [6.45, 7) is 4.71. The Hall–Kier alpha value is -1.63. The Kier molecular flexibility index (Phi) is 6.96. The van der Waals surface area contributed by atoms with Crippen LogP contribution in [0.4, 0.5) is 0 Å². The molecular formula is C11H20N2O5. The molecule has 0 aliphatic rings. The summed E-state index contributed by atoms with van der Waals surface area (Å²) in [5, 5.41) is 13.5. The van der Waals surface area contributed by atoms with Gasteiger partial charge in [-0.1, -0.05) is 13.8 Å². The average molecular weight is 260 g/mol. The van der Waals surface area contributed by atoms with Gasteiger partial charge in [0.15, 0.2) is 0 Å². The summed E-state index contributed by atoms with van der Waals surface area (Å²) in [6.07, 6.45) is 0. The fourth-order valence-electron chi connectivity index (χ4n) is 1.25. The number of hydrogen-bond donors (Lipinski definition) is 3. The Morgan fingerprint density at radius 1 is 1.17 bits per heavy atom. The lowest BCUT2D eigenvalue weighted by molar-refractivity contribution is -0.142. The molecule has 2 amide bonds. The van der Waals surface area contributed by atoms with Gasteiger partial charge in [0, 0.05) is 7.11 Å². The molecule has 0 heterocycles. The van der Waals surface area contributed by atoms with Crippen molar-refractivity contribution in [1.82, 2.24) is 10.6 Å². The summed E-state index contributed by atoms with van der Waals surface area (Å²) in [6, 6.07) is -1.78. The second-order valence-electron chi connectivity index (χ2n) is 4.29. The van der Waals surface area contributed by atoms with Crippen molar-refractivity contribution in [3.05, 3.63) is 0 Å². The van der Waals surface area contributed by atoms with Gasteiger partial charge in [-0.3, -0.25) is 14.4 Å². The number of ether oxygens (including phenoxy) is 1. The number of rotatable bonds is 7. The lowest BCUT2D eigenvalue weighted by atomic mass is 10.0. The van der Waals surface area contributed by atoms with E-state index in [2.05, 4.69) is 15.4 Å². The Bertz CT molecular complexity index is 317. The van der Waals surface area contributed by atoms with E-state index in [0.717, 1.165) is 0 Å². The number of carboxylic acid groups (broad SMARTS) is 1. The predicted octanol–water partition coefficient (Wildman–Crippen LogP) is -0.637. The zero-order chi connectivity index (χ0) is 14.3. The molecule has 7 nitrogen and oxygen atoms in total. The minimum atomic E-state index is -1.13. The second kappa shape index (κ2) is 7.65. The molecule has 7 heteroatoms. The molecule has 3 N–H and O–H groups in total. The van der Waals surface area contributed by atoms with Gasteiger partial charge in [-0.2, -0.15) is 0 Å². The third kappa shape index (κ3) is 5.62. The maximum Gasteiger partial charge on any atom is 0.325 e. The smallest absolute Gasteiger partial charge is 0.325 e. The van der Waals surface area contributed by atoms with Crippen LogP contribution in [0.1, 0.15) is 20.8 Å². The highest BCUT2D eigenvalue weighted by Gasteiger charge is 2.26. The molecule has 0 bridgehead atoms. The molecule has 0 spiro atoms. The van der Waals surface area contributed by atoms with Gasteiger partial charge in [-0.25, -0.2) is 0 Å². The van der Waals surface area contributed by atoms with Crippen molar-refractivity contribution in [2.24, 2.45) is 5.92 Å². The molecule has 0 saturated carbocycles. The van der Waals surface area contributed by atoms with Crippen LogP contribution in [0.25, 0.3) is 0 Å². The van der Waals surface area contributed by atoms with Gasteiger partial charge < -0.3 is 20.5 Å². The molecule has 0 fully saturated rings. The van der Waals surface area contributed by atoms with E-state index in [1.54, 1.807) is 13.8 Å². The van der Waals surface area contributed by atoms with Gasteiger partial charge in [-0.15, -0.1) is 0 Å². The Morgan fingerprint density at radius 2 is 1.72 bits per heavy atom. The van der Waals surface area contributed by atoms with Crippen molar-refractivity contribution in [3.63, 3.8) is 0 Å². The quantitative estimate of drug-likeness (QED) is 0.565. The van der Waals surface area contributed by atoms with E-state index in [-0.39, 0.29) is 12.5 Å². The van der Waals surface area contributed by atoms with Crippen LogP contribution < -0.4 is 10.6 Å². The summed E-state index contributed by atoms with van der Waals surface area (Å²) in [4.78, 5) is 33.8. The summed E-state index contributed by atoms with van der Waals surface area (Å²) in [5.74, 6) is -2.24. The fourth-order valence-corrected chi connectivity index (χ4v) is 1.25. The van der Waals surface area contributed by atoms with Gasteiger partial charge in [0.1, 0.15) is 18.7 Å². The molecule has 0 aromatic rings. The second-order valence-corrected chi connectivity index (χ2v) is 4.29. The minimum absolute atomic E-state index is 0.148. The van der Waals surface area contributed by atoms with E-state index in [1.807, 2.05) is 0 Å². The van der Waals surface area contributed by atoms with E-state index in [1.165, 1.54) is 14.0 Å². The van der Waals surface area contributed by atoms with Crippen molar-refractivity contribution in [2.45, 2.75) is 32.9 Å². The van der Waals surface area contributed by atoms with E-state index in [0.29, 0.717) is 0 Å². The zero-order valence-electron chi connectivity index (χ0n) is 11.0. The Morgan fingerprint density at radius 3 is 2.11 bits per heavy atom. The summed E-state index contributed by atoms with van der Waals surface area (Å²) in [5.41, 5.74) is 0. The van der Waals surface area contributed by atoms with E-state index >= 15 is 0 Å². The van der Waals surface area contributed by atoms with E-state index in [4.69, 9.17) is 5.11 Å². The third-order valence-electron chi connectivity index (χ3n) is 2.27. The van der Waals surface area contributed by atoms with Crippen molar-refractivity contribution in [3.8, 4) is 0 Å². The third-order valence-corrected chi connectivity index (χ3v) is 2.27. The number of carbonyl (C=O) groups is 3. The monoisotopic (exact) mass is 260 g/mol. The highest BCUT2D eigenvalue weighted by Crippen LogP contribution is 2.02. The summed E-state index contributed by atoms with van der Waals surface area (Å²) in [7, 11) is 1.37. The first-order valence-electron chi connectivity index (χ1n) is 5.61. The number of hydrogen-bond acceptors (Lipinski definition) is 4. The maximum atomic E-state index is 11.8. The van der Waals surface area contributed by atoms with Crippen LogP contribution in [0.3, 0.4) is 0 Å². The van der Waals surface area contributed by atoms with Crippen LogP contribution in [-0.2, 0) is 19.1 Å². The SMILES string of the molecule is COCC(=O)N[C@H](C(=O)N[C@@H](C)C(=O)O)C(C)C. The molecule has 0 aliphatic carbocycles. The lowest BCUT2D eigenvalue weighted by Gasteiger charge is -2.22. The van der Waals surface area contributed by atoms with Crippen molar-refractivity contribution < 1.29 is 24.2 Å². The molecule has 0 aromatic heterocycles. The number of methoxy groups -OCH3 is 1. The lowest BCUT2D eigenvalue weighted by Crippen LogP contribution is -2.53. The fraction of sp³-hybridized carbons (Fsp3) is 0.727. The molecule has 0 aromatic carbocycles. The topological polar surface area (TPSA) is 105 Å². The number of aliphatic carboxylic acids is 1. The number of carboxylic acids is 1. The maximum absolute atomic E-state index is 11.8. The summed E-state index contributed by atoms with van der Waals surface area (Å²) < 4.78 is 4.65. The van der Waals surface area contributed by atoms with Gasteiger partial charge in [-0.05, 0) is 12.8 Å². The van der Waals surface area contributed by atoms with Crippen molar-refractivity contribution >= 4 is 17.8 Å². The molecule has 18 heavy (non-hydrogen) atoms. The van der Waals surface area contributed by atoms with Crippen LogP contribution in [0.2, 0.25) is 0 Å². The van der Waals surface area contributed by atoms with Gasteiger partial charge in [0.25, 0.3) is 0 Å². The first-order valence-corrected chi connectivity index (χ1v) is 5.61. The van der Waals surface area contributed by atoms with Gasteiger partial charge in [0.2, 0.25) is 11.8 Å². The van der Waals surface area contributed by atoms with Crippen molar-refractivity contribution in [2.75, 3.05) is 13.7 Å². The van der Waals surface area contributed by atoms with E-state index in [9.17, 15) is 14.4 Å². The van der Waals surface area contributed by atoms with Crippen molar-refractivity contribution in [1.29, 1.82) is 0 Å². The first-order chi connectivity index (χ1) is 8.29. The molecule has 0 saturated heterocycles. The van der Waals surface area contributed by atoms with Crippen LogP contribution in [0, 0.1) is 5.92 Å². The predicted molar refractivity (Wildman–Crippen MR) is 63.9 cm³/mol. The number of carbonyl (C=O) groups excluding carboxylic acids is 2. The molecule has 0 radical (unpaired) electrons. The highest BCUT2D eigenvalue weighted by molar-refractivity contribution is 5.90. The van der Waals surface area contributed by atoms with Crippen LogP contribution in [0.5, 0.6) is 0 Å². The molecule has 0 aliphatic heterocycles.